The summed E-state index contributed by atoms with van der Waals surface area (Å²) in [4.78, 5) is 0. The quantitative estimate of drug-likeness (QED) is 0.536. The van der Waals surface area contributed by atoms with Crippen LogP contribution in [-0.4, -0.2) is 0 Å². The second-order valence-electron chi connectivity index (χ2n) is 2.17. The molecule has 0 nitrogen and oxygen atoms in total. The third-order valence-electron chi connectivity index (χ3n) is 1.43. The van der Waals surface area contributed by atoms with Crippen LogP contribution in [0.5, 0.6) is 0 Å². The molecule has 0 bridgehead atoms. The Kier molecular flexibility index (Phi) is 4.13. The Morgan fingerprint density at radius 1 is 1.40 bits per heavy atom. The monoisotopic (exact) mass is 156 g/mol. The van der Waals surface area contributed by atoms with Crippen molar-refractivity contribution in [1.29, 1.82) is 0 Å². The van der Waals surface area contributed by atoms with Gasteiger partial charge in [-0.15, -0.1) is 0 Å². The Hall–Kier alpha value is -0.490. The summed E-state index contributed by atoms with van der Waals surface area (Å²) in [5, 5.41) is 0.803. The number of allylic oxidation sites excluding steroid dienone is 5. The van der Waals surface area contributed by atoms with Gasteiger partial charge in [-0.1, -0.05) is 30.3 Å². The van der Waals surface area contributed by atoms with E-state index >= 15 is 0 Å². The van der Waals surface area contributed by atoms with E-state index in [0.29, 0.717) is 0 Å². The molecule has 0 fully saturated rings. The lowest BCUT2D eigenvalue weighted by molar-refractivity contribution is 1.38. The van der Waals surface area contributed by atoms with Crippen LogP contribution >= 0.6 is 11.6 Å². The molecule has 0 aliphatic carbocycles. The Bertz CT molecular complexity index is 185. The van der Waals surface area contributed by atoms with Gasteiger partial charge < -0.3 is 0 Å². The first kappa shape index (κ1) is 9.51. The van der Waals surface area contributed by atoms with E-state index in [0.717, 1.165) is 16.2 Å². The van der Waals surface area contributed by atoms with Gasteiger partial charge in [-0.25, -0.2) is 0 Å². The molecule has 0 heterocycles. The second kappa shape index (κ2) is 4.35. The predicted molar refractivity (Wildman–Crippen MR) is 48.2 cm³/mol. The van der Waals surface area contributed by atoms with Crippen LogP contribution in [0.4, 0.5) is 0 Å². The van der Waals surface area contributed by atoms with Gasteiger partial charge in [0.15, 0.2) is 0 Å². The van der Waals surface area contributed by atoms with E-state index in [4.69, 9.17) is 11.6 Å². The third kappa shape index (κ3) is 2.40. The highest BCUT2D eigenvalue weighted by atomic mass is 35.5. The van der Waals surface area contributed by atoms with Gasteiger partial charge in [-0.05, 0) is 31.9 Å². The van der Waals surface area contributed by atoms with E-state index in [-0.39, 0.29) is 0 Å². The van der Waals surface area contributed by atoms with Crippen LogP contribution in [0, 0.1) is 0 Å². The van der Waals surface area contributed by atoms with E-state index in [2.05, 4.69) is 6.58 Å². The largest absolute Gasteiger partial charge is 0.0987 e. The highest BCUT2D eigenvalue weighted by Gasteiger charge is 1.95. The Labute approximate surface area is 67.9 Å². The Morgan fingerprint density at radius 2 is 1.90 bits per heavy atom. The maximum Gasteiger partial charge on any atom is 0.0460 e. The smallest absolute Gasteiger partial charge is 0.0460 e. The highest BCUT2D eigenvalue weighted by molar-refractivity contribution is 6.32. The van der Waals surface area contributed by atoms with E-state index < -0.39 is 0 Å². The molecule has 0 saturated heterocycles. The van der Waals surface area contributed by atoms with Crippen molar-refractivity contribution in [1.82, 2.24) is 0 Å². The molecule has 0 rings (SSSR count). The molecule has 0 aromatic heterocycles. The van der Waals surface area contributed by atoms with E-state index in [1.807, 2.05) is 26.8 Å². The van der Waals surface area contributed by atoms with Crippen molar-refractivity contribution >= 4 is 11.6 Å². The van der Waals surface area contributed by atoms with Crippen molar-refractivity contribution in [2.75, 3.05) is 0 Å². The van der Waals surface area contributed by atoms with Crippen molar-refractivity contribution in [2.45, 2.75) is 20.8 Å². The molecule has 0 radical (unpaired) electrons. The Morgan fingerprint density at radius 3 is 2.20 bits per heavy atom. The fourth-order valence-corrected chi connectivity index (χ4v) is 0.714. The van der Waals surface area contributed by atoms with Crippen LogP contribution in [0.15, 0.2) is 34.9 Å². The first-order valence-electron chi connectivity index (χ1n) is 3.25. The topological polar surface area (TPSA) is 0 Å². The molecule has 0 aromatic rings. The number of hydrogen-bond acceptors (Lipinski definition) is 0. The van der Waals surface area contributed by atoms with Crippen LogP contribution < -0.4 is 0 Å². The summed E-state index contributed by atoms with van der Waals surface area (Å²) in [6, 6.07) is 0. The third-order valence-corrected chi connectivity index (χ3v) is 2.03. The molecule has 56 valence electrons. The van der Waals surface area contributed by atoms with Crippen molar-refractivity contribution in [3.8, 4) is 0 Å². The molecule has 0 aliphatic heterocycles. The molecule has 10 heavy (non-hydrogen) atoms. The average Bonchev–Trinajstić information content (AvgIpc) is 2.00. The lowest BCUT2D eigenvalue weighted by Gasteiger charge is -1.99. The first-order valence-corrected chi connectivity index (χ1v) is 3.63. The van der Waals surface area contributed by atoms with Crippen LogP contribution in [0.1, 0.15) is 20.8 Å². The Balaban J connectivity index is 4.63. The summed E-state index contributed by atoms with van der Waals surface area (Å²) >= 11 is 5.92. The SMILES string of the molecule is C=C/C(C)=C(Cl)\C(C)=C/C. The van der Waals surface area contributed by atoms with Gasteiger partial charge in [-0.2, -0.15) is 0 Å². The molecule has 1 heteroatoms. The molecule has 0 spiro atoms. The summed E-state index contributed by atoms with van der Waals surface area (Å²) < 4.78 is 0. The van der Waals surface area contributed by atoms with Crippen LogP contribution in [0.25, 0.3) is 0 Å². The van der Waals surface area contributed by atoms with Gasteiger partial charge >= 0.3 is 0 Å². The van der Waals surface area contributed by atoms with Crippen molar-refractivity contribution in [2.24, 2.45) is 0 Å². The number of rotatable bonds is 2. The van der Waals surface area contributed by atoms with Gasteiger partial charge in [0.2, 0.25) is 0 Å². The maximum absolute atomic E-state index is 5.92. The minimum Gasteiger partial charge on any atom is -0.0987 e. The normalized spacial score (nSPS) is 14.6. The van der Waals surface area contributed by atoms with Crippen molar-refractivity contribution in [3.63, 3.8) is 0 Å². The molecule has 0 aliphatic rings. The van der Waals surface area contributed by atoms with Gasteiger partial charge in [0.25, 0.3) is 0 Å². The van der Waals surface area contributed by atoms with Gasteiger partial charge in [0.05, 0.1) is 0 Å². The predicted octanol–water partition coefficient (Wildman–Crippen LogP) is 3.65. The average molecular weight is 157 g/mol. The summed E-state index contributed by atoms with van der Waals surface area (Å²) in [6.07, 6.45) is 3.74. The van der Waals surface area contributed by atoms with Gasteiger partial charge in [0.1, 0.15) is 0 Å². The van der Waals surface area contributed by atoms with Gasteiger partial charge in [-0.3, -0.25) is 0 Å². The summed E-state index contributed by atoms with van der Waals surface area (Å²) in [6.45, 7) is 9.52. The van der Waals surface area contributed by atoms with E-state index in [1.165, 1.54) is 0 Å². The lowest BCUT2D eigenvalue weighted by Crippen LogP contribution is -1.78. The fourth-order valence-electron chi connectivity index (χ4n) is 0.527. The minimum atomic E-state index is 0.803. The first-order chi connectivity index (χ1) is 4.63. The van der Waals surface area contributed by atoms with Crippen molar-refractivity contribution < 1.29 is 0 Å². The molecule has 0 N–H and O–H groups in total. The van der Waals surface area contributed by atoms with Crippen molar-refractivity contribution in [3.05, 3.63) is 34.9 Å². The van der Waals surface area contributed by atoms with E-state index in [9.17, 15) is 0 Å². The van der Waals surface area contributed by atoms with Crippen LogP contribution in [-0.2, 0) is 0 Å². The highest BCUT2D eigenvalue weighted by Crippen LogP contribution is 2.18. The second-order valence-corrected chi connectivity index (χ2v) is 2.55. The zero-order chi connectivity index (χ0) is 8.15. The molecule has 0 aromatic carbocycles. The molecular formula is C9H13Cl. The maximum atomic E-state index is 5.92. The molecule has 0 unspecified atom stereocenters. The number of hydrogen-bond donors (Lipinski definition) is 0. The fraction of sp³-hybridized carbons (Fsp3) is 0.333. The number of halogens is 1. The lowest BCUT2D eigenvalue weighted by atomic mass is 10.2. The minimum absolute atomic E-state index is 0.803. The zero-order valence-corrected chi connectivity index (χ0v) is 7.50. The zero-order valence-electron chi connectivity index (χ0n) is 6.74. The standard InChI is InChI=1S/C9H13Cl/c1-5-7(3)9(10)8(4)6-2/h5-6H,1H2,2-4H3/b8-6-,9-7+. The molecule has 0 atom stereocenters. The van der Waals surface area contributed by atoms with E-state index in [1.54, 1.807) is 6.08 Å². The summed E-state index contributed by atoms with van der Waals surface area (Å²) in [5.74, 6) is 0. The summed E-state index contributed by atoms with van der Waals surface area (Å²) in [7, 11) is 0. The summed E-state index contributed by atoms with van der Waals surface area (Å²) in [5.41, 5.74) is 2.12. The van der Waals surface area contributed by atoms with Crippen LogP contribution in [0.3, 0.4) is 0 Å². The molecule has 0 saturated carbocycles. The molecule has 0 amide bonds. The molecular weight excluding hydrogens is 144 g/mol. The van der Waals surface area contributed by atoms with Gasteiger partial charge in [0, 0.05) is 5.03 Å². The van der Waals surface area contributed by atoms with Crippen LogP contribution in [0.2, 0.25) is 0 Å².